The number of nitrogens with zero attached hydrogens (tertiary/aromatic N) is 3. The number of rotatable bonds is 8. The van der Waals surface area contributed by atoms with Crippen molar-refractivity contribution in [2.24, 2.45) is 5.73 Å². The highest BCUT2D eigenvalue weighted by atomic mass is 16.5. The molecule has 1 aliphatic rings. The zero-order valence-electron chi connectivity index (χ0n) is 13.6. The largest absolute Gasteiger partial charge is 0.378 e. The molecule has 2 heterocycles. The van der Waals surface area contributed by atoms with Gasteiger partial charge in [0.1, 0.15) is 0 Å². The topological polar surface area (TPSA) is 56.3 Å². The van der Waals surface area contributed by atoms with Crippen molar-refractivity contribution in [2.75, 3.05) is 31.1 Å². The van der Waals surface area contributed by atoms with Crippen LogP contribution in [-0.4, -0.2) is 41.9 Å². The summed E-state index contributed by atoms with van der Waals surface area (Å²) in [6.07, 6.45) is 8.13. The number of hydrogen-bond donors (Lipinski definition) is 1. The Balaban J connectivity index is 1.86. The Labute approximate surface area is 128 Å². The lowest BCUT2D eigenvalue weighted by atomic mass is 10.1. The lowest BCUT2D eigenvalue weighted by Crippen LogP contribution is -2.38. The third kappa shape index (κ3) is 4.71. The second kappa shape index (κ2) is 8.39. The molecule has 1 saturated heterocycles. The molecule has 0 spiro atoms. The van der Waals surface area contributed by atoms with Gasteiger partial charge in [-0.3, -0.25) is 0 Å². The average molecular weight is 294 g/mol. The molecule has 2 N–H and O–H groups in total. The van der Waals surface area contributed by atoms with Crippen LogP contribution in [-0.2, 0) is 11.3 Å². The van der Waals surface area contributed by atoms with Gasteiger partial charge in [0.15, 0.2) is 0 Å². The van der Waals surface area contributed by atoms with Crippen molar-refractivity contribution in [1.82, 2.24) is 9.55 Å². The Morgan fingerprint density at radius 1 is 1.33 bits per heavy atom. The number of anilines is 1. The van der Waals surface area contributed by atoms with Crippen LogP contribution in [0.25, 0.3) is 0 Å². The van der Waals surface area contributed by atoms with E-state index < -0.39 is 0 Å². The minimum atomic E-state index is 0.396. The summed E-state index contributed by atoms with van der Waals surface area (Å²) in [5.74, 6) is 1.14. The van der Waals surface area contributed by atoms with E-state index in [1.807, 2.05) is 0 Å². The highest BCUT2D eigenvalue weighted by molar-refractivity contribution is 5.34. The first kappa shape index (κ1) is 16.3. The summed E-state index contributed by atoms with van der Waals surface area (Å²) in [6.45, 7) is 8.96. The first-order valence-corrected chi connectivity index (χ1v) is 8.35. The van der Waals surface area contributed by atoms with E-state index in [2.05, 4.69) is 29.5 Å². The summed E-state index contributed by atoms with van der Waals surface area (Å²) in [7, 11) is 0. The summed E-state index contributed by atoms with van der Waals surface area (Å²) in [5, 5.41) is 0. The van der Waals surface area contributed by atoms with Crippen molar-refractivity contribution >= 4 is 5.95 Å². The monoisotopic (exact) mass is 294 g/mol. The van der Waals surface area contributed by atoms with Gasteiger partial charge in [0, 0.05) is 32.4 Å². The second-order valence-corrected chi connectivity index (χ2v) is 5.93. The van der Waals surface area contributed by atoms with Crippen LogP contribution in [0.5, 0.6) is 0 Å². The van der Waals surface area contributed by atoms with Gasteiger partial charge in [-0.1, -0.05) is 13.3 Å². The first-order chi connectivity index (χ1) is 10.2. The minimum Gasteiger partial charge on any atom is -0.378 e. The van der Waals surface area contributed by atoms with E-state index in [1.165, 1.54) is 12.8 Å². The summed E-state index contributed by atoms with van der Waals surface area (Å²) in [4.78, 5) is 7.13. The number of nitrogens with two attached hydrogens (primary N) is 1. The van der Waals surface area contributed by atoms with Crippen molar-refractivity contribution in [3.8, 4) is 0 Å². The predicted octanol–water partition coefficient (Wildman–Crippen LogP) is 2.33. The van der Waals surface area contributed by atoms with Gasteiger partial charge in [0.05, 0.1) is 11.8 Å². The van der Waals surface area contributed by atoms with Crippen LogP contribution >= 0.6 is 0 Å². The van der Waals surface area contributed by atoms with E-state index in [1.54, 1.807) is 0 Å². The van der Waals surface area contributed by atoms with Crippen LogP contribution in [0.4, 0.5) is 5.95 Å². The molecule has 120 valence electrons. The summed E-state index contributed by atoms with van der Waals surface area (Å²) in [6, 6.07) is 0. The molecule has 1 aliphatic heterocycles. The van der Waals surface area contributed by atoms with Gasteiger partial charge >= 0.3 is 0 Å². The van der Waals surface area contributed by atoms with Crippen molar-refractivity contribution in [1.29, 1.82) is 0 Å². The van der Waals surface area contributed by atoms with Gasteiger partial charge in [-0.2, -0.15) is 0 Å². The predicted molar refractivity (Wildman–Crippen MR) is 86.7 cm³/mol. The molecule has 0 aliphatic carbocycles. The molecule has 1 fully saturated rings. The van der Waals surface area contributed by atoms with Crippen LogP contribution in [0, 0.1) is 6.92 Å². The zero-order valence-corrected chi connectivity index (χ0v) is 13.6. The maximum atomic E-state index is 5.87. The normalized spacial score (nSPS) is 16.6. The summed E-state index contributed by atoms with van der Waals surface area (Å²) in [5.41, 5.74) is 6.62. The third-order valence-electron chi connectivity index (χ3n) is 4.06. The Kier molecular flexibility index (Phi) is 6.51. The van der Waals surface area contributed by atoms with Gasteiger partial charge in [-0.15, -0.1) is 0 Å². The number of hydrogen-bond acceptors (Lipinski definition) is 4. The fraction of sp³-hybridized carbons (Fsp3) is 0.812. The molecule has 1 aromatic rings. The number of unbranched alkanes of at least 4 members (excludes halogenated alkanes) is 1. The van der Waals surface area contributed by atoms with Crippen LogP contribution in [0.1, 0.15) is 44.7 Å². The molecule has 0 radical (unpaired) electrons. The number of ether oxygens (including phenoxy) is 1. The van der Waals surface area contributed by atoms with E-state index in [0.29, 0.717) is 12.6 Å². The van der Waals surface area contributed by atoms with Crippen LogP contribution < -0.4 is 10.6 Å². The van der Waals surface area contributed by atoms with Gasteiger partial charge in [-0.05, 0) is 39.2 Å². The molecule has 0 amide bonds. The average Bonchev–Trinajstić information content (AvgIpc) is 2.87. The highest BCUT2D eigenvalue weighted by Crippen LogP contribution is 2.21. The number of piperidine rings is 1. The number of aryl methyl sites for hydroxylation is 2. The fourth-order valence-electron chi connectivity index (χ4n) is 2.84. The maximum absolute atomic E-state index is 5.87. The van der Waals surface area contributed by atoms with Crippen molar-refractivity contribution in [2.45, 2.75) is 58.6 Å². The van der Waals surface area contributed by atoms with Crippen molar-refractivity contribution < 1.29 is 4.74 Å². The Bertz CT molecular complexity index is 410. The Hall–Kier alpha value is -1.07. The molecule has 5 heteroatoms. The molecule has 0 saturated carbocycles. The van der Waals surface area contributed by atoms with Crippen LogP contribution in [0.2, 0.25) is 0 Å². The molecule has 1 aromatic heterocycles. The van der Waals surface area contributed by atoms with Gasteiger partial charge in [-0.25, -0.2) is 4.98 Å². The summed E-state index contributed by atoms with van der Waals surface area (Å²) >= 11 is 0. The third-order valence-corrected chi connectivity index (χ3v) is 4.06. The van der Waals surface area contributed by atoms with E-state index in [9.17, 15) is 0 Å². The fourth-order valence-corrected chi connectivity index (χ4v) is 2.84. The molecule has 0 aromatic carbocycles. The highest BCUT2D eigenvalue weighted by Gasteiger charge is 2.22. The SMILES string of the molecule is CCCCn1cc(C)nc1N1CCC(OCCCN)CC1. The molecule has 0 unspecified atom stereocenters. The first-order valence-electron chi connectivity index (χ1n) is 8.35. The van der Waals surface area contributed by atoms with E-state index in [-0.39, 0.29) is 0 Å². The maximum Gasteiger partial charge on any atom is 0.205 e. The van der Waals surface area contributed by atoms with E-state index in [4.69, 9.17) is 15.5 Å². The molecule has 2 rings (SSSR count). The molecule has 0 bridgehead atoms. The number of imidazole rings is 1. The van der Waals surface area contributed by atoms with Crippen LogP contribution in [0.3, 0.4) is 0 Å². The van der Waals surface area contributed by atoms with Crippen LogP contribution in [0.15, 0.2) is 6.20 Å². The molecular formula is C16H30N4O. The van der Waals surface area contributed by atoms with Crippen molar-refractivity contribution in [3.05, 3.63) is 11.9 Å². The van der Waals surface area contributed by atoms with Gasteiger partial charge in [0.2, 0.25) is 5.95 Å². The van der Waals surface area contributed by atoms with E-state index in [0.717, 1.165) is 57.1 Å². The molecule has 5 nitrogen and oxygen atoms in total. The lowest BCUT2D eigenvalue weighted by Gasteiger charge is -2.33. The second-order valence-electron chi connectivity index (χ2n) is 5.93. The summed E-state index contributed by atoms with van der Waals surface area (Å²) < 4.78 is 8.19. The quantitative estimate of drug-likeness (QED) is 0.748. The lowest BCUT2D eigenvalue weighted by molar-refractivity contribution is 0.0364. The Morgan fingerprint density at radius 2 is 2.10 bits per heavy atom. The zero-order chi connectivity index (χ0) is 15.1. The Morgan fingerprint density at radius 3 is 2.76 bits per heavy atom. The van der Waals surface area contributed by atoms with Gasteiger partial charge < -0.3 is 19.9 Å². The smallest absolute Gasteiger partial charge is 0.205 e. The number of aromatic nitrogens is 2. The molecule has 21 heavy (non-hydrogen) atoms. The molecular weight excluding hydrogens is 264 g/mol. The minimum absolute atomic E-state index is 0.396. The van der Waals surface area contributed by atoms with Gasteiger partial charge in [0.25, 0.3) is 0 Å². The molecule has 0 atom stereocenters. The van der Waals surface area contributed by atoms with Crippen molar-refractivity contribution in [3.63, 3.8) is 0 Å². The van der Waals surface area contributed by atoms with E-state index >= 15 is 0 Å². The standard InChI is InChI=1S/C16H30N4O/c1-3-4-9-20-13-14(2)18-16(20)19-10-6-15(7-11-19)21-12-5-8-17/h13,15H,3-12,17H2,1-2H3.